The molecule has 2 aliphatic heterocycles. The largest absolute Gasteiger partial charge is 0.490 e. The normalized spacial score (nSPS) is 20.2. The Hall–Kier alpha value is -1.31. The number of benzene rings is 1. The van der Waals surface area contributed by atoms with Crippen LogP contribution in [0.25, 0.3) is 0 Å². The van der Waals surface area contributed by atoms with Crippen LogP contribution >= 0.6 is 0 Å². The third kappa shape index (κ3) is 3.62. The number of nitrogens with one attached hydrogen (secondary N) is 1. The van der Waals surface area contributed by atoms with Crippen molar-refractivity contribution in [2.75, 3.05) is 39.9 Å². The van der Waals surface area contributed by atoms with Gasteiger partial charge in [-0.05, 0) is 44.5 Å². The van der Waals surface area contributed by atoms with Gasteiger partial charge >= 0.3 is 0 Å². The number of ether oxygens (including phenoxy) is 2. The van der Waals surface area contributed by atoms with E-state index >= 15 is 0 Å². The Morgan fingerprint density at radius 2 is 1.87 bits per heavy atom. The molecule has 0 unspecified atom stereocenters. The second-order valence-corrected chi connectivity index (χ2v) is 8.00. The molecule has 0 amide bonds. The first-order valence-electron chi connectivity index (χ1n) is 8.15. The summed E-state index contributed by atoms with van der Waals surface area (Å²) >= 11 is 0. The summed E-state index contributed by atoms with van der Waals surface area (Å²) in [7, 11) is -1.54. The van der Waals surface area contributed by atoms with E-state index in [0.717, 1.165) is 25.8 Å². The van der Waals surface area contributed by atoms with Crippen LogP contribution in [-0.2, 0) is 10.0 Å². The summed E-state index contributed by atoms with van der Waals surface area (Å²) in [6, 6.07) is 4.90. The van der Waals surface area contributed by atoms with Crippen molar-refractivity contribution in [3.8, 4) is 11.5 Å². The predicted molar refractivity (Wildman–Crippen MR) is 87.5 cm³/mol. The first-order chi connectivity index (χ1) is 11.1. The van der Waals surface area contributed by atoms with E-state index in [0.29, 0.717) is 43.7 Å². The topological polar surface area (TPSA) is 67.9 Å². The Morgan fingerprint density at radius 1 is 1.17 bits per heavy atom. The molecule has 0 aromatic heterocycles. The van der Waals surface area contributed by atoms with Gasteiger partial charge in [0.15, 0.2) is 11.5 Å². The fourth-order valence-electron chi connectivity index (χ4n) is 3.10. The second kappa shape index (κ2) is 7.07. The van der Waals surface area contributed by atoms with Crippen molar-refractivity contribution in [1.82, 2.24) is 9.62 Å². The SMILES string of the molecule is CNCC1CCN(S(=O)(=O)c2ccc3c(c2)OCCCO3)CC1. The van der Waals surface area contributed by atoms with Crippen LogP contribution in [0.3, 0.4) is 0 Å². The van der Waals surface area contributed by atoms with E-state index in [-0.39, 0.29) is 4.90 Å². The monoisotopic (exact) mass is 340 g/mol. The van der Waals surface area contributed by atoms with Crippen molar-refractivity contribution < 1.29 is 17.9 Å². The van der Waals surface area contributed by atoms with E-state index in [1.54, 1.807) is 22.5 Å². The van der Waals surface area contributed by atoms with Crippen LogP contribution in [0.5, 0.6) is 11.5 Å². The van der Waals surface area contributed by atoms with Crippen molar-refractivity contribution in [3.63, 3.8) is 0 Å². The van der Waals surface area contributed by atoms with Gasteiger partial charge in [0.1, 0.15) is 0 Å². The molecule has 128 valence electrons. The Balaban J connectivity index is 1.76. The summed E-state index contributed by atoms with van der Waals surface area (Å²) in [5.41, 5.74) is 0. The molecule has 3 rings (SSSR count). The zero-order valence-electron chi connectivity index (χ0n) is 13.5. The molecule has 1 fully saturated rings. The number of hydrogen-bond acceptors (Lipinski definition) is 5. The van der Waals surface area contributed by atoms with Gasteiger partial charge < -0.3 is 14.8 Å². The first kappa shape index (κ1) is 16.5. The summed E-state index contributed by atoms with van der Waals surface area (Å²) in [5.74, 6) is 1.69. The maximum atomic E-state index is 12.8. The zero-order valence-corrected chi connectivity index (χ0v) is 14.3. The molecular weight excluding hydrogens is 316 g/mol. The lowest BCUT2D eigenvalue weighted by molar-refractivity contribution is 0.270. The standard InChI is InChI=1S/C16H24N2O4S/c1-17-12-13-5-7-18(8-6-13)23(19,20)14-3-4-15-16(11-14)22-10-2-9-21-15/h3-4,11,13,17H,2,5-10,12H2,1H3. The summed E-state index contributed by atoms with van der Waals surface area (Å²) in [4.78, 5) is 0.286. The van der Waals surface area contributed by atoms with Crippen molar-refractivity contribution in [1.29, 1.82) is 0 Å². The van der Waals surface area contributed by atoms with Crippen LogP contribution in [0.1, 0.15) is 19.3 Å². The number of hydrogen-bond donors (Lipinski definition) is 1. The van der Waals surface area contributed by atoms with E-state index < -0.39 is 10.0 Å². The maximum Gasteiger partial charge on any atom is 0.243 e. The molecule has 0 radical (unpaired) electrons. The summed E-state index contributed by atoms with van der Waals surface area (Å²) < 4.78 is 38.4. The second-order valence-electron chi connectivity index (χ2n) is 6.06. The highest BCUT2D eigenvalue weighted by atomic mass is 32.2. The van der Waals surface area contributed by atoms with Gasteiger partial charge in [-0.1, -0.05) is 0 Å². The first-order valence-corrected chi connectivity index (χ1v) is 9.59. The molecule has 0 bridgehead atoms. The predicted octanol–water partition coefficient (Wildman–Crippen LogP) is 1.47. The molecule has 1 aromatic rings. The molecule has 0 atom stereocenters. The molecule has 7 heteroatoms. The fraction of sp³-hybridized carbons (Fsp3) is 0.625. The Bertz CT molecular complexity index is 639. The number of rotatable bonds is 4. The molecule has 2 heterocycles. The van der Waals surface area contributed by atoms with Gasteiger partial charge in [0, 0.05) is 25.6 Å². The third-order valence-electron chi connectivity index (χ3n) is 4.42. The number of sulfonamides is 1. The van der Waals surface area contributed by atoms with E-state index in [4.69, 9.17) is 9.47 Å². The number of piperidine rings is 1. The zero-order chi connectivity index (χ0) is 16.3. The average Bonchev–Trinajstić information content (AvgIpc) is 2.80. The minimum Gasteiger partial charge on any atom is -0.490 e. The molecule has 2 aliphatic rings. The van der Waals surface area contributed by atoms with Crippen LogP contribution in [0.15, 0.2) is 23.1 Å². The van der Waals surface area contributed by atoms with Gasteiger partial charge in [-0.15, -0.1) is 0 Å². The van der Waals surface area contributed by atoms with Gasteiger partial charge in [0.05, 0.1) is 18.1 Å². The van der Waals surface area contributed by atoms with Gasteiger partial charge in [-0.25, -0.2) is 8.42 Å². The number of fused-ring (bicyclic) bond motifs is 1. The maximum absolute atomic E-state index is 12.8. The van der Waals surface area contributed by atoms with E-state index in [1.807, 2.05) is 7.05 Å². The lowest BCUT2D eigenvalue weighted by Crippen LogP contribution is -2.40. The molecular formula is C16H24N2O4S. The highest BCUT2D eigenvalue weighted by molar-refractivity contribution is 7.89. The molecule has 0 saturated carbocycles. The van der Waals surface area contributed by atoms with Crippen LogP contribution in [0, 0.1) is 5.92 Å². The van der Waals surface area contributed by atoms with Crippen molar-refractivity contribution >= 4 is 10.0 Å². The quantitative estimate of drug-likeness (QED) is 0.899. The molecule has 1 aromatic carbocycles. The summed E-state index contributed by atoms with van der Waals surface area (Å²) in [6.45, 7) is 3.23. The van der Waals surface area contributed by atoms with Crippen molar-refractivity contribution in [2.45, 2.75) is 24.2 Å². The molecule has 23 heavy (non-hydrogen) atoms. The van der Waals surface area contributed by atoms with Crippen molar-refractivity contribution in [2.24, 2.45) is 5.92 Å². The van der Waals surface area contributed by atoms with Gasteiger partial charge in [0.25, 0.3) is 0 Å². The summed E-state index contributed by atoms with van der Waals surface area (Å²) in [6.07, 6.45) is 2.59. The minimum absolute atomic E-state index is 0.286. The van der Waals surface area contributed by atoms with Crippen LogP contribution in [-0.4, -0.2) is 52.6 Å². The fourth-order valence-corrected chi connectivity index (χ4v) is 4.58. The highest BCUT2D eigenvalue weighted by Crippen LogP contribution is 2.33. The van der Waals surface area contributed by atoms with Gasteiger partial charge in [0.2, 0.25) is 10.0 Å². The molecule has 1 saturated heterocycles. The molecule has 0 aliphatic carbocycles. The van der Waals surface area contributed by atoms with E-state index in [1.165, 1.54) is 0 Å². The Morgan fingerprint density at radius 3 is 2.57 bits per heavy atom. The van der Waals surface area contributed by atoms with Crippen LogP contribution in [0.2, 0.25) is 0 Å². The summed E-state index contributed by atoms with van der Waals surface area (Å²) in [5, 5.41) is 3.16. The van der Waals surface area contributed by atoms with E-state index in [9.17, 15) is 8.42 Å². The van der Waals surface area contributed by atoms with Gasteiger partial charge in [-0.3, -0.25) is 0 Å². The van der Waals surface area contributed by atoms with Crippen molar-refractivity contribution in [3.05, 3.63) is 18.2 Å². The average molecular weight is 340 g/mol. The lowest BCUT2D eigenvalue weighted by atomic mass is 9.98. The number of nitrogens with zero attached hydrogens (tertiary/aromatic N) is 1. The highest BCUT2D eigenvalue weighted by Gasteiger charge is 2.30. The Labute approximate surface area is 137 Å². The smallest absolute Gasteiger partial charge is 0.243 e. The van der Waals surface area contributed by atoms with Crippen LogP contribution < -0.4 is 14.8 Å². The van der Waals surface area contributed by atoms with E-state index in [2.05, 4.69) is 5.32 Å². The molecule has 6 nitrogen and oxygen atoms in total. The van der Waals surface area contributed by atoms with Gasteiger partial charge in [-0.2, -0.15) is 4.31 Å². The molecule has 1 N–H and O–H groups in total. The Kier molecular flexibility index (Phi) is 5.08. The minimum atomic E-state index is -3.47. The lowest BCUT2D eigenvalue weighted by Gasteiger charge is -2.31. The third-order valence-corrected chi connectivity index (χ3v) is 6.32. The molecule has 0 spiro atoms. The van der Waals surface area contributed by atoms with Crippen LogP contribution in [0.4, 0.5) is 0 Å².